The third-order valence-corrected chi connectivity index (χ3v) is 8.88. The molecule has 1 atom stereocenters. The van der Waals surface area contributed by atoms with Crippen LogP contribution in [0.5, 0.6) is 0 Å². The van der Waals surface area contributed by atoms with E-state index in [-0.39, 0.29) is 41.8 Å². The molecule has 3 aliphatic rings. The van der Waals surface area contributed by atoms with Crippen molar-refractivity contribution in [3.63, 3.8) is 0 Å². The van der Waals surface area contributed by atoms with Crippen molar-refractivity contribution >= 4 is 27.5 Å². The number of amides is 2. The van der Waals surface area contributed by atoms with E-state index < -0.39 is 10.0 Å². The highest BCUT2D eigenvalue weighted by atomic mass is 32.2. The summed E-state index contributed by atoms with van der Waals surface area (Å²) in [5.74, 6) is -0.238. The number of piperidine rings is 1. The maximum Gasteiger partial charge on any atom is 0.243 e. The number of sulfonamides is 1. The fraction of sp³-hybridized carbons (Fsp3) is 0.652. The molecule has 0 unspecified atom stereocenters. The maximum absolute atomic E-state index is 13.2. The lowest BCUT2D eigenvalue weighted by molar-refractivity contribution is -0.124. The van der Waals surface area contributed by atoms with Crippen molar-refractivity contribution in [1.29, 1.82) is 0 Å². The van der Waals surface area contributed by atoms with Crippen molar-refractivity contribution in [2.24, 2.45) is 0 Å². The molecule has 1 aromatic carbocycles. The van der Waals surface area contributed by atoms with Gasteiger partial charge in [0.25, 0.3) is 0 Å². The molecule has 1 saturated carbocycles. The Bertz CT molecular complexity index is 940. The molecule has 170 valence electrons. The lowest BCUT2D eigenvalue weighted by Gasteiger charge is -2.33. The van der Waals surface area contributed by atoms with Crippen molar-refractivity contribution in [3.8, 4) is 0 Å². The van der Waals surface area contributed by atoms with Crippen molar-refractivity contribution in [2.75, 3.05) is 18.0 Å². The molecule has 2 aliphatic heterocycles. The van der Waals surface area contributed by atoms with Crippen molar-refractivity contribution in [1.82, 2.24) is 9.62 Å². The van der Waals surface area contributed by atoms with Crippen molar-refractivity contribution < 1.29 is 18.0 Å². The Morgan fingerprint density at radius 1 is 1.06 bits per heavy atom. The first-order valence-electron chi connectivity index (χ1n) is 11.6. The molecule has 1 N–H and O–H groups in total. The van der Waals surface area contributed by atoms with E-state index in [1.54, 1.807) is 22.5 Å². The Morgan fingerprint density at radius 2 is 1.81 bits per heavy atom. The Morgan fingerprint density at radius 3 is 2.55 bits per heavy atom. The summed E-state index contributed by atoms with van der Waals surface area (Å²) in [6, 6.07) is 5.17. The Balaban J connectivity index is 1.52. The van der Waals surface area contributed by atoms with Gasteiger partial charge in [-0.25, -0.2) is 8.42 Å². The highest BCUT2D eigenvalue weighted by molar-refractivity contribution is 7.89. The number of nitrogens with one attached hydrogen (secondary N) is 1. The first kappa shape index (κ1) is 22.3. The number of rotatable bonds is 5. The molecule has 2 fully saturated rings. The van der Waals surface area contributed by atoms with Crippen LogP contribution in [0, 0.1) is 0 Å². The van der Waals surface area contributed by atoms with Crippen molar-refractivity contribution in [2.45, 2.75) is 88.1 Å². The zero-order valence-electron chi connectivity index (χ0n) is 18.3. The molecule has 1 saturated heterocycles. The predicted octanol–water partition coefficient (Wildman–Crippen LogP) is 2.98. The molecule has 0 spiro atoms. The van der Waals surface area contributed by atoms with Crippen LogP contribution >= 0.6 is 0 Å². The summed E-state index contributed by atoms with van der Waals surface area (Å²) in [4.78, 5) is 27.0. The number of fused-ring (bicyclic) bond motifs is 1. The monoisotopic (exact) mass is 447 g/mol. The molecular formula is C23H33N3O4S. The van der Waals surface area contributed by atoms with Crippen LogP contribution in [0.2, 0.25) is 0 Å². The molecule has 0 aromatic heterocycles. The minimum atomic E-state index is -3.57. The summed E-state index contributed by atoms with van der Waals surface area (Å²) < 4.78 is 28.0. The first-order valence-corrected chi connectivity index (χ1v) is 13.0. The summed E-state index contributed by atoms with van der Waals surface area (Å²) >= 11 is 0. The minimum absolute atomic E-state index is 0.00339. The van der Waals surface area contributed by atoms with Gasteiger partial charge in [-0.05, 0) is 62.8 Å². The Hall–Kier alpha value is -1.93. The van der Waals surface area contributed by atoms with Crippen LogP contribution in [0.1, 0.15) is 70.3 Å². The van der Waals surface area contributed by atoms with Gasteiger partial charge in [-0.2, -0.15) is 4.31 Å². The second-order valence-corrected chi connectivity index (χ2v) is 11.0. The van der Waals surface area contributed by atoms with E-state index in [4.69, 9.17) is 0 Å². The van der Waals surface area contributed by atoms with Gasteiger partial charge in [0, 0.05) is 30.7 Å². The zero-order chi connectivity index (χ0) is 22.0. The molecule has 0 bridgehead atoms. The normalized spacial score (nSPS) is 23.5. The van der Waals surface area contributed by atoms with Crippen LogP contribution in [0.15, 0.2) is 23.1 Å². The largest absolute Gasteiger partial charge is 0.352 e. The van der Waals surface area contributed by atoms with E-state index in [9.17, 15) is 18.0 Å². The summed E-state index contributed by atoms with van der Waals surface area (Å²) in [5.41, 5.74) is 1.47. The smallest absolute Gasteiger partial charge is 0.243 e. The van der Waals surface area contributed by atoms with Gasteiger partial charge >= 0.3 is 0 Å². The number of hydrogen-bond donors (Lipinski definition) is 1. The maximum atomic E-state index is 13.2. The molecular weight excluding hydrogens is 414 g/mol. The molecule has 1 aromatic rings. The van der Waals surface area contributed by atoms with Crippen LogP contribution in [-0.2, 0) is 26.0 Å². The number of carbonyl (C=O) groups excluding carboxylic acids is 2. The summed E-state index contributed by atoms with van der Waals surface area (Å²) in [6.45, 7) is 2.49. The van der Waals surface area contributed by atoms with Gasteiger partial charge in [-0.1, -0.05) is 25.7 Å². The molecule has 4 rings (SSSR count). The third kappa shape index (κ3) is 4.80. The Kier molecular flexibility index (Phi) is 6.67. The predicted molar refractivity (Wildman–Crippen MR) is 119 cm³/mol. The SMILES string of the molecule is C[C@@H]1CCCCN1S(=O)(=O)c1ccc2c(c1)CCC(=O)N2CC(=O)NC1CCCCC1. The van der Waals surface area contributed by atoms with E-state index >= 15 is 0 Å². The van der Waals surface area contributed by atoms with Gasteiger partial charge in [0.1, 0.15) is 6.54 Å². The summed E-state index contributed by atoms with van der Waals surface area (Å²) in [5, 5.41) is 3.07. The highest BCUT2D eigenvalue weighted by Crippen LogP contribution is 2.32. The third-order valence-electron chi connectivity index (χ3n) is 6.87. The average Bonchev–Trinajstić information content (AvgIpc) is 2.76. The number of benzene rings is 1. The van der Waals surface area contributed by atoms with Gasteiger partial charge in [0.2, 0.25) is 21.8 Å². The van der Waals surface area contributed by atoms with E-state index in [2.05, 4.69) is 5.32 Å². The topological polar surface area (TPSA) is 86.8 Å². The van der Waals surface area contributed by atoms with E-state index in [1.165, 1.54) is 11.3 Å². The molecule has 7 nitrogen and oxygen atoms in total. The number of aryl methyl sites for hydroxylation is 1. The molecule has 31 heavy (non-hydrogen) atoms. The van der Waals surface area contributed by atoms with E-state index in [0.717, 1.165) is 50.5 Å². The fourth-order valence-electron chi connectivity index (χ4n) is 5.10. The van der Waals surface area contributed by atoms with E-state index in [0.29, 0.717) is 18.7 Å². The van der Waals surface area contributed by atoms with Crippen LogP contribution in [0.25, 0.3) is 0 Å². The first-order chi connectivity index (χ1) is 14.9. The summed E-state index contributed by atoms with van der Waals surface area (Å²) in [7, 11) is -3.57. The molecule has 0 radical (unpaired) electrons. The summed E-state index contributed by atoms with van der Waals surface area (Å²) in [6.07, 6.45) is 9.05. The quantitative estimate of drug-likeness (QED) is 0.752. The molecule has 2 heterocycles. The lowest BCUT2D eigenvalue weighted by Crippen LogP contribution is -2.46. The van der Waals surface area contributed by atoms with Gasteiger partial charge in [-0.3, -0.25) is 9.59 Å². The molecule has 2 amide bonds. The number of carbonyl (C=O) groups is 2. The van der Waals surface area contributed by atoms with Crippen LogP contribution < -0.4 is 10.2 Å². The van der Waals surface area contributed by atoms with Crippen LogP contribution in [-0.4, -0.2) is 49.7 Å². The second-order valence-electron chi connectivity index (χ2n) is 9.13. The van der Waals surface area contributed by atoms with Crippen LogP contribution in [0.4, 0.5) is 5.69 Å². The molecule has 8 heteroatoms. The molecule has 1 aliphatic carbocycles. The minimum Gasteiger partial charge on any atom is -0.352 e. The van der Waals surface area contributed by atoms with Gasteiger partial charge < -0.3 is 10.2 Å². The van der Waals surface area contributed by atoms with E-state index in [1.807, 2.05) is 6.92 Å². The number of nitrogens with zero attached hydrogens (tertiary/aromatic N) is 2. The Labute approximate surface area is 185 Å². The van der Waals surface area contributed by atoms with Crippen LogP contribution in [0.3, 0.4) is 0 Å². The standard InChI is InChI=1S/C23H33N3O4S/c1-17-7-5-6-14-26(17)31(29,30)20-11-12-21-18(15-20)10-13-23(28)25(21)16-22(27)24-19-8-3-2-4-9-19/h11-12,15,17,19H,2-10,13-14,16H2,1H3,(H,24,27)/t17-/m1/s1. The van der Waals surface area contributed by atoms with Gasteiger partial charge in [0.15, 0.2) is 0 Å². The zero-order valence-corrected chi connectivity index (χ0v) is 19.1. The van der Waals surface area contributed by atoms with Gasteiger partial charge in [0.05, 0.1) is 4.90 Å². The fourth-order valence-corrected chi connectivity index (χ4v) is 6.85. The highest BCUT2D eigenvalue weighted by Gasteiger charge is 2.33. The second kappa shape index (κ2) is 9.28. The lowest BCUT2D eigenvalue weighted by atomic mass is 9.95. The van der Waals surface area contributed by atoms with Gasteiger partial charge in [-0.15, -0.1) is 0 Å². The number of anilines is 1. The average molecular weight is 448 g/mol. The van der Waals surface area contributed by atoms with Crippen molar-refractivity contribution in [3.05, 3.63) is 23.8 Å². The number of hydrogen-bond acceptors (Lipinski definition) is 4.